The summed E-state index contributed by atoms with van der Waals surface area (Å²) in [6, 6.07) is -1.49. The first-order valence-corrected chi connectivity index (χ1v) is 13.8. The minimum Gasteiger partial charge on any atom is -0.391 e. The molecular weight excluding hydrogens is 458 g/mol. The SMILES string of the molecule is CC(C)(C)[C@@H](C(=O)N1C[C@H](O)C[C@H]1C(=O)NCC1CCS(=O)(=O)C1(C)C)n1cc(C2CC2)nn1. The number of β-amino-alcohol motifs (C(OH)–C–C–N with tert-alkyl or cyclic N) is 1. The fraction of sp³-hybridized carbons (Fsp3) is 0.826. The van der Waals surface area contributed by atoms with Crippen molar-refractivity contribution in [2.24, 2.45) is 11.3 Å². The third kappa shape index (κ3) is 4.60. The lowest BCUT2D eigenvalue weighted by Crippen LogP contribution is -2.51. The van der Waals surface area contributed by atoms with E-state index < -0.39 is 38.2 Å². The van der Waals surface area contributed by atoms with Crippen molar-refractivity contribution in [3.63, 3.8) is 0 Å². The second kappa shape index (κ2) is 8.58. The van der Waals surface area contributed by atoms with Gasteiger partial charge in [-0.05, 0) is 44.4 Å². The Morgan fingerprint density at radius 2 is 1.94 bits per heavy atom. The summed E-state index contributed by atoms with van der Waals surface area (Å²) in [6.45, 7) is 9.51. The molecule has 3 fully saturated rings. The van der Waals surface area contributed by atoms with E-state index in [4.69, 9.17) is 0 Å². The molecule has 11 heteroatoms. The molecule has 0 bridgehead atoms. The van der Waals surface area contributed by atoms with E-state index in [2.05, 4.69) is 15.6 Å². The molecule has 4 atom stereocenters. The lowest BCUT2D eigenvalue weighted by atomic mass is 9.85. The van der Waals surface area contributed by atoms with Crippen LogP contribution in [0, 0.1) is 11.3 Å². The predicted molar refractivity (Wildman–Crippen MR) is 126 cm³/mol. The molecule has 0 radical (unpaired) electrons. The summed E-state index contributed by atoms with van der Waals surface area (Å²) in [5, 5.41) is 21.7. The third-order valence-corrected chi connectivity index (χ3v) is 10.5. The van der Waals surface area contributed by atoms with Crippen LogP contribution in [0.2, 0.25) is 0 Å². The number of hydrogen-bond donors (Lipinski definition) is 2. The normalized spacial score (nSPS) is 29.2. The Balaban J connectivity index is 1.50. The van der Waals surface area contributed by atoms with Crippen molar-refractivity contribution in [2.45, 2.75) is 89.2 Å². The van der Waals surface area contributed by atoms with Gasteiger partial charge < -0.3 is 15.3 Å². The van der Waals surface area contributed by atoms with Gasteiger partial charge in [0.2, 0.25) is 11.8 Å². The minimum atomic E-state index is -3.20. The van der Waals surface area contributed by atoms with Gasteiger partial charge in [-0.25, -0.2) is 13.1 Å². The van der Waals surface area contributed by atoms with Crippen molar-refractivity contribution in [1.82, 2.24) is 25.2 Å². The number of rotatable bonds is 6. The molecule has 4 rings (SSSR count). The molecule has 1 saturated carbocycles. The van der Waals surface area contributed by atoms with Gasteiger partial charge in [-0.15, -0.1) is 5.10 Å². The standard InChI is InChI=1S/C23H37N5O5S/c1-22(2,3)19(28-13-17(25-26-28)14-6-7-14)21(31)27-12-16(29)10-18(27)20(30)24-11-15-8-9-34(32,33)23(15,4)5/h13-16,18-19,29H,6-12H2,1-5H3,(H,24,30)/t15?,16-,18+,19-/m1/s1. The first-order valence-electron chi connectivity index (χ1n) is 12.1. The van der Waals surface area contributed by atoms with Crippen LogP contribution in [0.25, 0.3) is 0 Å². The first kappa shape index (κ1) is 25.1. The number of sulfone groups is 1. The van der Waals surface area contributed by atoms with Gasteiger partial charge in [0.1, 0.15) is 12.1 Å². The largest absolute Gasteiger partial charge is 0.391 e. The van der Waals surface area contributed by atoms with E-state index in [0.717, 1.165) is 18.5 Å². The molecule has 0 aromatic carbocycles. The zero-order valence-corrected chi connectivity index (χ0v) is 21.5. The molecule has 0 spiro atoms. The van der Waals surface area contributed by atoms with Crippen LogP contribution < -0.4 is 5.32 Å². The van der Waals surface area contributed by atoms with Gasteiger partial charge in [0.25, 0.3) is 0 Å². The lowest BCUT2D eigenvalue weighted by molar-refractivity contribution is -0.144. The van der Waals surface area contributed by atoms with Crippen LogP contribution in [0.3, 0.4) is 0 Å². The van der Waals surface area contributed by atoms with Crippen LogP contribution in [0.5, 0.6) is 0 Å². The van der Waals surface area contributed by atoms with E-state index in [1.165, 1.54) is 4.90 Å². The zero-order chi connectivity index (χ0) is 25.1. The van der Waals surface area contributed by atoms with E-state index in [9.17, 15) is 23.1 Å². The van der Waals surface area contributed by atoms with Crippen LogP contribution in [-0.4, -0.2) is 81.0 Å². The molecule has 1 unspecified atom stereocenters. The van der Waals surface area contributed by atoms with Crippen molar-refractivity contribution in [2.75, 3.05) is 18.8 Å². The number of aliphatic hydroxyl groups excluding tert-OH is 1. The highest BCUT2D eigenvalue weighted by atomic mass is 32.2. The molecule has 2 saturated heterocycles. The summed E-state index contributed by atoms with van der Waals surface area (Å²) in [4.78, 5) is 28.4. The average molecular weight is 496 g/mol. The maximum atomic E-state index is 13.8. The Kier molecular flexibility index (Phi) is 6.33. The van der Waals surface area contributed by atoms with Crippen molar-refractivity contribution in [1.29, 1.82) is 0 Å². The van der Waals surface area contributed by atoms with Gasteiger partial charge in [-0.1, -0.05) is 26.0 Å². The summed E-state index contributed by atoms with van der Waals surface area (Å²) >= 11 is 0. The highest BCUT2D eigenvalue weighted by Crippen LogP contribution is 2.40. The Labute approximate surface area is 201 Å². The minimum absolute atomic E-state index is 0.0664. The van der Waals surface area contributed by atoms with Crippen molar-refractivity contribution in [3.8, 4) is 0 Å². The molecule has 2 aliphatic heterocycles. The predicted octanol–water partition coefficient (Wildman–Crippen LogP) is 1.03. The number of carbonyl (C=O) groups is 2. The van der Waals surface area contributed by atoms with E-state index in [-0.39, 0.29) is 43.0 Å². The molecule has 3 heterocycles. The summed E-state index contributed by atoms with van der Waals surface area (Å²) < 4.78 is 25.3. The number of likely N-dealkylation sites (tertiary alicyclic amines) is 1. The van der Waals surface area contributed by atoms with E-state index >= 15 is 0 Å². The van der Waals surface area contributed by atoms with Crippen LogP contribution in [-0.2, 0) is 19.4 Å². The molecule has 10 nitrogen and oxygen atoms in total. The molecule has 2 amide bonds. The number of hydrogen-bond acceptors (Lipinski definition) is 7. The van der Waals surface area contributed by atoms with Gasteiger partial charge in [0.15, 0.2) is 9.84 Å². The molecule has 2 N–H and O–H groups in total. The van der Waals surface area contributed by atoms with Gasteiger partial charge >= 0.3 is 0 Å². The fourth-order valence-electron chi connectivity index (χ4n) is 5.18. The second-order valence-electron chi connectivity index (χ2n) is 11.7. The van der Waals surface area contributed by atoms with E-state index in [1.54, 1.807) is 18.5 Å². The second-order valence-corrected chi connectivity index (χ2v) is 14.4. The van der Waals surface area contributed by atoms with Crippen molar-refractivity contribution in [3.05, 3.63) is 11.9 Å². The quantitative estimate of drug-likeness (QED) is 0.602. The average Bonchev–Trinajstić information content (AvgIpc) is 3.26. The molecular formula is C23H37N5O5S. The summed E-state index contributed by atoms with van der Waals surface area (Å²) in [7, 11) is -3.20. The molecule has 3 aliphatic rings. The van der Waals surface area contributed by atoms with Crippen LogP contribution >= 0.6 is 0 Å². The lowest BCUT2D eigenvalue weighted by Gasteiger charge is -2.34. The molecule has 1 aromatic heterocycles. The number of nitrogens with one attached hydrogen (secondary N) is 1. The van der Waals surface area contributed by atoms with Crippen molar-refractivity contribution >= 4 is 21.7 Å². The number of carbonyl (C=O) groups excluding carboxylic acids is 2. The summed E-state index contributed by atoms with van der Waals surface area (Å²) in [6.07, 6.45) is 3.81. The summed E-state index contributed by atoms with van der Waals surface area (Å²) in [5.41, 5.74) is 0.384. The first-order chi connectivity index (χ1) is 15.7. The maximum absolute atomic E-state index is 13.8. The van der Waals surface area contributed by atoms with Crippen LogP contribution in [0.15, 0.2) is 6.20 Å². The van der Waals surface area contributed by atoms with Gasteiger partial charge in [0.05, 0.1) is 22.3 Å². The van der Waals surface area contributed by atoms with Gasteiger partial charge in [-0.2, -0.15) is 0 Å². The van der Waals surface area contributed by atoms with Gasteiger partial charge in [-0.3, -0.25) is 9.59 Å². The Bertz CT molecular complexity index is 1060. The Hall–Kier alpha value is -2.01. The number of aliphatic hydroxyl groups is 1. The smallest absolute Gasteiger partial charge is 0.248 e. The molecule has 1 aromatic rings. The third-order valence-electron chi connectivity index (χ3n) is 7.75. The Morgan fingerprint density at radius 3 is 2.50 bits per heavy atom. The fourth-order valence-corrected chi connectivity index (χ4v) is 7.01. The monoisotopic (exact) mass is 495 g/mol. The highest BCUT2D eigenvalue weighted by molar-refractivity contribution is 7.93. The summed E-state index contributed by atoms with van der Waals surface area (Å²) in [5.74, 6) is -0.327. The van der Waals surface area contributed by atoms with E-state index in [1.807, 2.05) is 27.0 Å². The van der Waals surface area contributed by atoms with Crippen molar-refractivity contribution < 1.29 is 23.1 Å². The maximum Gasteiger partial charge on any atom is 0.248 e. The van der Waals surface area contributed by atoms with E-state index in [0.29, 0.717) is 12.3 Å². The zero-order valence-electron chi connectivity index (χ0n) is 20.7. The topological polar surface area (TPSA) is 134 Å². The molecule has 190 valence electrons. The van der Waals surface area contributed by atoms with Gasteiger partial charge in [0, 0.05) is 31.6 Å². The van der Waals surface area contributed by atoms with Crippen LogP contribution in [0.4, 0.5) is 0 Å². The Morgan fingerprint density at radius 1 is 1.26 bits per heavy atom. The highest BCUT2D eigenvalue weighted by Gasteiger charge is 2.49. The van der Waals surface area contributed by atoms with Crippen LogP contribution in [0.1, 0.15) is 78.0 Å². The molecule has 1 aliphatic carbocycles. The number of nitrogens with zero attached hydrogens (tertiary/aromatic N) is 4. The number of amides is 2. The molecule has 34 heavy (non-hydrogen) atoms. The number of aromatic nitrogens is 3.